The molecular weight excluding hydrogens is 254 g/mol. The third-order valence-corrected chi connectivity index (χ3v) is 3.53. The smallest absolute Gasteiger partial charge is 0.125 e. The highest BCUT2D eigenvalue weighted by atomic mass is 16.5. The summed E-state index contributed by atoms with van der Waals surface area (Å²) in [5.41, 5.74) is 1.67. The highest BCUT2D eigenvalue weighted by molar-refractivity contribution is 5.27. The summed E-state index contributed by atoms with van der Waals surface area (Å²) in [6, 6.07) is 3.69. The first-order valence-corrected chi connectivity index (χ1v) is 6.67. The Hall–Kier alpha value is -2.01. The van der Waals surface area contributed by atoms with Gasteiger partial charge in [-0.1, -0.05) is 0 Å². The van der Waals surface area contributed by atoms with Crippen molar-refractivity contribution in [2.45, 2.75) is 32.5 Å². The van der Waals surface area contributed by atoms with E-state index >= 15 is 0 Å². The number of hydrogen-bond donors (Lipinski definition) is 0. The van der Waals surface area contributed by atoms with Crippen LogP contribution in [0.5, 0.6) is 5.75 Å². The molecule has 2 aromatic heterocycles. The van der Waals surface area contributed by atoms with Crippen LogP contribution < -0.4 is 4.74 Å². The quantitative estimate of drug-likeness (QED) is 0.854. The molecule has 0 N–H and O–H groups in total. The van der Waals surface area contributed by atoms with Gasteiger partial charge in [-0.25, -0.2) is 9.97 Å². The molecule has 0 amide bonds. The minimum absolute atomic E-state index is 0.393. The van der Waals surface area contributed by atoms with Crippen molar-refractivity contribution in [3.05, 3.63) is 47.8 Å². The Kier molecular flexibility index (Phi) is 3.36. The lowest BCUT2D eigenvalue weighted by molar-refractivity contribution is -0.0392. The molecule has 5 heteroatoms. The van der Waals surface area contributed by atoms with Crippen LogP contribution in [0.1, 0.15) is 30.4 Å². The van der Waals surface area contributed by atoms with Crippen LogP contribution in [-0.2, 0) is 16.9 Å². The molecule has 0 saturated heterocycles. The normalized spacial score (nSPS) is 20.7. The summed E-state index contributed by atoms with van der Waals surface area (Å²) in [6.07, 6.45) is 6.04. The maximum absolute atomic E-state index is 5.91. The molecule has 0 spiro atoms. The minimum Gasteiger partial charge on any atom is -0.493 e. The molecule has 0 radical (unpaired) electrons. The number of rotatable bonds is 4. The Balaban J connectivity index is 1.68. The summed E-state index contributed by atoms with van der Waals surface area (Å²) in [4.78, 5) is 12.7. The summed E-state index contributed by atoms with van der Waals surface area (Å²) in [7, 11) is 0. The first-order valence-electron chi connectivity index (χ1n) is 6.67. The van der Waals surface area contributed by atoms with E-state index in [4.69, 9.17) is 9.47 Å². The predicted molar refractivity (Wildman–Crippen MR) is 73.3 cm³/mol. The van der Waals surface area contributed by atoms with E-state index < -0.39 is 5.60 Å². The van der Waals surface area contributed by atoms with E-state index in [1.54, 1.807) is 12.4 Å². The van der Waals surface area contributed by atoms with Gasteiger partial charge >= 0.3 is 0 Å². The SMILES string of the molecule is Cc1ncc2c(n1)C(C)(CCOc1ccncc1)OC2. The number of fused-ring (bicyclic) bond motifs is 1. The topological polar surface area (TPSA) is 57.1 Å². The van der Waals surface area contributed by atoms with Crippen molar-refractivity contribution in [3.63, 3.8) is 0 Å². The van der Waals surface area contributed by atoms with Crippen LogP contribution in [-0.4, -0.2) is 21.6 Å². The lowest BCUT2D eigenvalue weighted by atomic mass is 9.97. The van der Waals surface area contributed by atoms with Gasteiger partial charge in [0.15, 0.2) is 0 Å². The Morgan fingerprint density at radius 3 is 2.95 bits per heavy atom. The highest BCUT2D eigenvalue weighted by Crippen LogP contribution is 2.37. The van der Waals surface area contributed by atoms with E-state index in [9.17, 15) is 0 Å². The highest BCUT2D eigenvalue weighted by Gasteiger charge is 2.37. The van der Waals surface area contributed by atoms with E-state index in [-0.39, 0.29) is 0 Å². The number of aryl methyl sites for hydroxylation is 1. The van der Waals surface area contributed by atoms with Crippen LogP contribution in [0.2, 0.25) is 0 Å². The molecule has 20 heavy (non-hydrogen) atoms. The molecule has 3 rings (SSSR count). The summed E-state index contributed by atoms with van der Waals surface area (Å²) in [6.45, 7) is 5.10. The second-order valence-electron chi connectivity index (χ2n) is 5.09. The third-order valence-electron chi connectivity index (χ3n) is 3.53. The van der Waals surface area contributed by atoms with Gasteiger partial charge in [-0.3, -0.25) is 4.98 Å². The number of pyridine rings is 1. The van der Waals surface area contributed by atoms with Gasteiger partial charge in [0.05, 0.1) is 18.9 Å². The van der Waals surface area contributed by atoms with Gasteiger partial charge in [-0.05, 0) is 26.0 Å². The molecule has 0 fully saturated rings. The average molecular weight is 271 g/mol. The fourth-order valence-corrected chi connectivity index (χ4v) is 2.35. The van der Waals surface area contributed by atoms with E-state index in [1.807, 2.05) is 25.3 Å². The molecule has 1 aliphatic rings. The molecule has 0 saturated carbocycles. The van der Waals surface area contributed by atoms with Crippen molar-refractivity contribution in [1.82, 2.24) is 15.0 Å². The van der Waals surface area contributed by atoms with Crippen molar-refractivity contribution in [3.8, 4) is 5.75 Å². The predicted octanol–water partition coefficient (Wildman–Crippen LogP) is 2.39. The first-order chi connectivity index (χ1) is 9.67. The molecule has 0 bridgehead atoms. The van der Waals surface area contributed by atoms with Gasteiger partial charge in [0, 0.05) is 30.6 Å². The molecule has 3 heterocycles. The maximum atomic E-state index is 5.91. The number of ether oxygens (including phenoxy) is 2. The van der Waals surface area contributed by atoms with Crippen molar-refractivity contribution in [2.24, 2.45) is 0 Å². The lowest BCUT2D eigenvalue weighted by Gasteiger charge is -2.23. The number of aromatic nitrogens is 3. The Morgan fingerprint density at radius 1 is 1.35 bits per heavy atom. The largest absolute Gasteiger partial charge is 0.493 e. The van der Waals surface area contributed by atoms with Gasteiger partial charge < -0.3 is 9.47 Å². The molecule has 1 unspecified atom stereocenters. The molecule has 0 aromatic carbocycles. The monoisotopic (exact) mass is 271 g/mol. The van der Waals surface area contributed by atoms with Gasteiger partial charge in [-0.15, -0.1) is 0 Å². The zero-order valence-corrected chi connectivity index (χ0v) is 11.7. The second-order valence-corrected chi connectivity index (χ2v) is 5.09. The third kappa shape index (κ3) is 2.49. The molecule has 0 aliphatic carbocycles. The van der Waals surface area contributed by atoms with E-state index in [1.165, 1.54) is 0 Å². The first kappa shape index (κ1) is 13.0. The Bertz CT molecular complexity index is 603. The zero-order chi connectivity index (χ0) is 14.0. The fourth-order valence-electron chi connectivity index (χ4n) is 2.35. The van der Waals surface area contributed by atoms with E-state index in [2.05, 4.69) is 21.9 Å². The number of hydrogen-bond acceptors (Lipinski definition) is 5. The Labute approximate surface area is 118 Å². The zero-order valence-electron chi connectivity index (χ0n) is 11.7. The van der Waals surface area contributed by atoms with Crippen LogP contribution in [0.4, 0.5) is 0 Å². The standard InChI is InChI=1S/C15H17N3O2/c1-11-17-9-12-10-20-15(2,14(12)18-11)5-8-19-13-3-6-16-7-4-13/h3-4,6-7,9H,5,8,10H2,1-2H3. The van der Waals surface area contributed by atoms with Crippen molar-refractivity contribution in [2.75, 3.05) is 6.61 Å². The summed E-state index contributed by atoms with van der Waals surface area (Å²) in [5.74, 6) is 1.59. The minimum atomic E-state index is -0.393. The van der Waals surface area contributed by atoms with Gasteiger partial charge in [0.2, 0.25) is 0 Å². The average Bonchev–Trinajstić information content (AvgIpc) is 2.78. The van der Waals surface area contributed by atoms with Crippen molar-refractivity contribution < 1.29 is 9.47 Å². The van der Waals surface area contributed by atoms with E-state index in [0.29, 0.717) is 13.2 Å². The van der Waals surface area contributed by atoms with E-state index in [0.717, 1.165) is 29.3 Å². The van der Waals surface area contributed by atoms with Crippen molar-refractivity contribution in [1.29, 1.82) is 0 Å². The summed E-state index contributed by atoms with van der Waals surface area (Å²) in [5, 5.41) is 0. The fraction of sp³-hybridized carbons (Fsp3) is 0.400. The van der Waals surface area contributed by atoms with Crippen LogP contribution >= 0.6 is 0 Å². The van der Waals surface area contributed by atoms with Crippen molar-refractivity contribution >= 4 is 0 Å². The number of nitrogens with zero attached hydrogens (tertiary/aromatic N) is 3. The van der Waals surface area contributed by atoms with Crippen LogP contribution in [0.15, 0.2) is 30.7 Å². The van der Waals surface area contributed by atoms with Crippen LogP contribution in [0.25, 0.3) is 0 Å². The second kappa shape index (κ2) is 5.17. The molecule has 104 valence electrons. The molecule has 1 aliphatic heterocycles. The van der Waals surface area contributed by atoms with Crippen LogP contribution in [0.3, 0.4) is 0 Å². The summed E-state index contributed by atoms with van der Waals surface area (Å²) < 4.78 is 11.6. The lowest BCUT2D eigenvalue weighted by Crippen LogP contribution is -2.25. The van der Waals surface area contributed by atoms with Gasteiger partial charge in [-0.2, -0.15) is 0 Å². The van der Waals surface area contributed by atoms with Gasteiger partial charge in [0.1, 0.15) is 17.2 Å². The van der Waals surface area contributed by atoms with Crippen LogP contribution in [0, 0.1) is 6.92 Å². The molecular formula is C15H17N3O2. The summed E-state index contributed by atoms with van der Waals surface area (Å²) >= 11 is 0. The van der Waals surface area contributed by atoms with Gasteiger partial charge in [0.25, 0.3) is 0 Å². The molecule has 2 aromatic rings. The molecule has 1 atom stereocenters. The Morgan fingerprint density at radius 2 is 2.15 bits per heavy atom. The molecule has 5 nitrogen and oxygen atoms in total. The maximum Gasteiger partial charge on any atom is 0.125 e.